The Labute approximate surface area is 113 Å². The van der Waals surface area contributed by atoms with Crippen molar-refractivity contribution in [2.75, 3.05) is 5.32 Å². The number of hydrogen-bond donors (Lipinski definition) is 1. The Morgan fingerprint density at radius 1 is 1.53 bits per heavy atom. The number of aromatic nitrogens is 2. The van der Waals surface area contributed by atoms with Gasteiger partial charge in [-0.1, -0.05) is 26.7 Å². The smallest absolute Gasteiger partial charge is 0.333 e. The van der Waals surface area contributed by atoms with Crippen LogP contribution in [0.25, 0.3) is 0 Å². The van der Waals surface area contributed by atoms with E-state index < -0.39 is 0 Å². The molecule has 6 nitrogen and oxygen atoms in total. The van der Waals surface area contributed by atoms with E-state index in [-0.39, 0.29) is 10.6 Å². The van der Waals surface area contributed by atoms with E-state index >= 15 is 0 Å². The van der Waals surface area contributed by atoms with Crippen LogP contribution in [0.5, 0.6) is 0 Å². The highest BCUT2D eigenvalue weighted by atomic mass is 16.6. The van der Waals surface area contributed by atoms with Gasteiger partial charge < -0.3 is 5.32 Å². The Balaban J connectivity index is 2.21. The molecule has 1 unspecified atom stereocenters. The van der Waals surface area contributed by atoms with Crippen molar-refractivity contribution in [2.45, 2.75) is 52.0 Å². The molecule has 0 aliphatic heterocycles. The van der Waals surface area contributed by atoms with E-state index in [9.17, 15) is 10.1 Å². The van der Waals surface area contributed by atoms with Crippen LogP contribution in [0.2, 0.25) is 0 Å². The molecule has 1 aliphatic carbocycles. The van der Waals surface area contributed by atoms with Gasteiger partial charge in [-0.15, -0.1) is 0 Å². The number of nitrogens with zero attached hydrogens (tertiary/aromatic N) is 3. The molecular formula is C13H22N4O2. The van der Waals surface area contributed by atoms with Gasteiger partial charge in [0.2, 0.25) is 5.82 Å². The van der Waals surface area contributed by atoms with Gasteiger partial charge in [-0.3, -0.25) is 10.1 Å². The molecule has 0 saturated heterocycles. The molecule has 1 aliphatic rings. The number of nitrogens with one attached hydrogen (secondary N) is 1. The van der Waals surface area contributed by atoms with Crippen LogP contribution in [0.1, 0.15) is 45.2 Å². The van der Waals surface area contributed by atoms with Gasteiger partial charge in [0.1, 0.15) is 5.69 Å². The van der Waals surface area contributed by atoms with Gasteiger partial charge in [0.15, 0.2) is 0 Å². The molecule has 0 amide bonds. The van der Waals surface area contributed by atoms with E-state index in [0.717, 1.165) is 18.8 Å². The van der Waals surface area contributed by atoms with Crippen LogP contribution in [0.3, 0.4) is 0 Å². The zero-order valence-corrected chi connectivity index (χ0v) is 11.8. The zero-order valence-electron chi connectivity index (χ0n) is 11.8. The van der Waals surface area contributed by atoms with E-state index in [1.807, 2.05) is 6.92 Å². The summed E-state index contributed by atoms with van der Waals surface area (Å²) < 4.78 is 1.60. The van der Waals surface area contributed by atoms with Crippen molar-refractivity contribution < 1.29 is 4.92 Å². The predicted octanol–water partition coefficient (Wildman–Crippen LogP) is 2.88. The minimum atomic E-state index is -0.321. The van der Waals surface area contributed by atoms with Crippen LogP contribution in [-0.4, -0.2) is 20.7 Å². The lowest BCUT2D eigenvalue weighted by Gasteiger charge is -2.17. The first-order valence-electron chi connectivity index (χ1n) is 7.03. The quantitative estimate of drug-likeness (QED) is 0.608. The molecule has 6 heteroatoms. The van der Waals surface area contributed by atoms with Gasteiger partial charge in [0.05, 0.1) is 4.92 Å². The number of anilines is 1. The van der Waals surface area contributed by atoms with Crippen molar-refractivity contribution in [1.82, 2.24) is 9.78 Å². The van der Waals surface area contributed by atoms with E-state index in [1.54, 1.807) is 11.7 Å². The summed E-state index contributed by atoms with van der Waals surface area (Å²) in [6.45, 7) is 4.00. The number of nitro groups is 1. The third-order valence-corrected chi connectivity index (χ3v) is 3.76. The molecule has 1 atom stereocenters. The third kappa shape index (κ3) is 3.05. The topological polar surface area (TPSA) is 73.0 Å². The Morgan fingerprint density at radius 3 is 2.68 bits per heavy atom. The monoisotopic (exact) mass is 266 g/mol. The Morgan fingerprint density at radius 2 is 2.21 bits per heavy atom. The first-order valence-corrected chi connectivity index (χ1v) is 7.03. The van der Waals surface area contributed by atoms with Gasteiger partial charge in [-0.05, 0) is 25.2 Å². The fourth-order valence-corrected chi connectivity index (χ4v) is 2.44. The maximum absolute atomic E-state index is 11.2. The van der Waals surface area contributed by atoms with Crippen molar-refractivity contribution in [3.63, 3.8) is 0 Å². The molecule has 0 radical (unpaired) electrons. The lowest BCUT2D eigenvalue weighted by Crippen LogP contribution is -2.21. The minimum Gasteiger partial charge on any atom is -0.362 e. The molecule has 0 bridgehead atoms. The lowest BCUT2D eigenvalue weighted by atomic mass is 10.1. The zero-order chi connectivity index (χ0) is 14.0. The second-order valence-electron chi connectivity index (χ2n) is 5.31. The molecule has 19 heavy (non-hydrogen) atoms. The normalized spacial score (nSPS) is 16.4. The summed E-state index contributed by atoms with van der Waals surface area (Å²) in [5.74, 6) is 1.35. The summed E-state index contributed by atoms with van der Waals surface area (Å²) in [6.07, 6.45) is 5.24. The standard InChI is InChI=1S/C13H22N4O2/c1-4-10(8-9-6-7-9)14-13-12(17(18)19)11(5-2)15-16(13)3/h9-10,14H,4-8H2,1-3H3. The maximum Gasteiger partial charge on any atom is 0.333 e. The molecule has 2 rings (SSSR count). The fourth-order valence-electron chi connectivity index (χ4n) is 2.44. The molecular weight excluding hydrogens is 244 g/mol. The minimum absolute atomic E-state index is 0.138. The van der Waals surface area contributed by atoms with E-state index in [2.05, 4.69) is 17.3 Å². The average Bonchev–Trinajstić information content (AvgIpc) is 3.12. The van der Waals surface area contributed by atoms with Crippen LogP contribution in [0.15, 0.2) is 0 Å². The first kappa shape index (κ1) is 13.8. The molecule has 106 valence electrons. The molecule has 0 spiro atoms. The van der Waals surface area contributed by atoms with Crippen LogP contribution >= 0.6 is 0 Å². The Hall–Kier alpha value is -1.59. The summed E-state index contributed by atoms with van der Waals surface area (Å²) >= 11 is 0. The highest BCUT2D eigenvalue weighted by Crippen LogP contribution is 2.36. The van der Waals surface area contributed by atoms with Crippen LogP contribution in [0.4, 0.5) is 11.5 Å². The van der Waals surface area contributed by atoms with Crippen LogP contribution in [-0.2, 0) is 13.5 Å². The molecule has 1 N–H and O–H groups in total. The first-order chi connectivity index (χ1) is 9.06. The highest BCUT2D eigenvalue weighted by molar-refractivity contribution is 5.60. The Kier molecular flexibility index (Phi) is 4.07. The van der Waals surface area contributed by atoms with E-state index in [4.69, 9.17) is 0 Å². The SMILES string of the molecule is CCc1nn(C)c(NC(CC)CC2CC2)c1[N+](=O)[O-]. The largest absolute Gasteiger partial charge is 0.362 e. The predicted molar refractivity (Wildman–Crippen MR) is 74.3 cm³/mol. The van der Waals surface area contributed by atoms with E-state index in [1.165, 1.54) is 12.8 Å². The fraction of sp³-hybridized carbons (Fsp3) is 0.769. The average molecular weight is 266 g/mol. The maximum atomic E-state index is 11.2. The second-order valence-corrected chi connectivity index (χ2v) is 5.31. The molecule has 0 aromatic carbocycles. The van der Waals surface area contributed by atoms with Crippen molar-refractivity contribution in [1.29, 1.82) is 0 Å². The summed E-state index contributed by atoms with van der Waals surface area (Å²) in [5, 5.41) is 18.8. The molecule has 1 aromatic rings. The Bertz CT molecular complexity index is 465. The summed E-state index contributed by atoms with van der Waals surface area (Å²) in [5.41, 5.74) is 0.690. The number of hydrogen-bond acceptors (Lipinski definition) is 4. The number of rotatable bonds is 7. The van der Waals surface area contributed by atoms with Crippen molar-refractivity contribution >= 4 is 11.5 Å². The van der Waals surface area contributed by atoms with Gasteiger partial charge in [-0.2, -0.15) is 5.10 Å². The van der Waals surface area contributed by atoms with Gasteiger partial charge in [-0.25, -0.2) is 4.68 Å². The summed E-state index contributed by atoms with van der Waals surface area (Å²) in [7, 11) is 1.76. The van der Waals surface area contributed by atoms with Gasteiger partial charge >= 0.3 is 5.69 Å². The molecule has 1 aromatic heterocycles. The van der Waals surface area contributed by atoms with Crippen molar-refractivity contribution in [3.8, 4) is 0 Å². The van der Waals surface area contributed by atoms with Gasteiger partial charge in [0.25, 0.3) is 0 Å². The van der Waals surface area contributed by atoms with Crippen LogP contribution in [0, 0.1) is 16.0 Å². The van der Waals surface area contributed by atoms with E-state index in [0.29, 0.717) is 24.0 Å². The van der Waals surface area contributed by atoms with Crippen molar-refractivity contribution in [3.05, 3.63) is 15.8 Å². The summed E-state index contributed by atoms with van der Waals surface area (Å²) in [6, 6.07) is 0.298. The molecule has 1 fully saturated rings. The molecule has 1 saturated carbocycles. The summed E-state index contributed by atoms with van der Waals surface area (Å²) in [4.78, 5) is 10.9. The number of aryl methyl sites for hydroxylation is 2. The lowest BCUT2D eigenvalue weighted by molar-refractivity contribution is -0.384. The highest BCUT2D eigenvalue weighted by Gasteiger charge is 2.29. The van der Waals surface area contributed by atoms with Gasteiger partial charge in [0, 0.05) is 13.1 Å². The third-order valence-electron chi connectivity index (χ3n) is 3.76. The second kappa shape index (κ2) is 5.59. The molecule has 1 heterocycles. The van der Waals surface area contributed by atoms with Crippen LogP contribution < -0.4 is 5.32 Å². The van der Waals surface area contributed by atoms with Crippen molar-refractivity contribution in [2.24, 2.45) is 13.0 Å².